The van der Waals surface area contributed by atoms with E-state index in [4.69, 9.17) is 10.6 Å². The number of aromatic nitrogens is 5. The van der Waals surface area contributed by atoms with Gasteiger partial charge in [0.1, 0.15) is 15.5 Å². The third kappa shape index (κ3) is 3.94. The van der Waals surface area contributed by atoms with E-state index in [-0.39, 0.29) is 27.9 Å². The summed E-state index contributed by atoms with van der Waals surface area (Å²) in [7, 11) is 0. The summed E-state index contributed by atoms with van der Waals surface area (Å²) in [6.07, 6.45) is -4.74. The van der Waals surface area contributed by atoms with E-state index in [9.17, 15) is 22.8 Å². The minimum absolute atomic E-state index is 0.189. The molecule has 3 rings (SSSR count). The van der Waals surface area contributed by atoms with Gasteiger partial charge in [0.15, 0.2) is 0 Å². The number of nitrogen functional groups attached to an aromatic ring is 1. The van der Waals surface area contributed by atoms with Gasteiger partial charge in [0, 0.05) is 0 Å². The molecule has 9 nitrogen and oxygen atoms in total. The normalized spacial score (nSPS) is 13.0. The molecule has 0 saturated carbocycles. The van der Waals surface area contributed by atoms with Gasteiger partial charge in [-0.3, -0.25) is 4.79 Å². The maximum absolute atomic E-state index is 12.8. The molecule has 1 atom stereocenters. The fraction of sp³-hybridized carbons (Fsp3) is 0.400. The summed E-state index contributed by atoms with van der Waals surface area (Å²) in [5.74, 6) is 3.74. The predicted octanol–water partition coefficient (Wildman–Crippen LogP) is 2.65. The molecular formula is C15H15F3N6O3S2. The van der Waals surface area contributed by atoms with Gasteiger partial charge in [-0.25, -0.2) is 14.5 Å². The molecule has 0 amide bonds. The van der Waals surface area contributed by atoms with Crippen molar-refractivity contribution in [3.05, 3.63) is 32.4 Å². The van der Waals surface area contributed by atoms with E-state index in [1.165, 1.54) is 0 Å². The van der Waals surface area contributed by atoms with Crippen LogP contribution >= 0.6 is 23.1 Å². The number of aromatic amines is 1. The highest BCUT2D eigenvalue weighted by molar-refractivity contribution is 7.99. The number of nitrogens with one attached hydrogen (secondary N) is 1. The Hall–Kier alpha value is -2.61. The fourth-order valence-electron chi connectivity index (χ4n) is 2.51. The van der Waals surface area contributed by atoms with Crippen LogP contribution in [0.25, 0.3) is 10.2 Å². The molecular weight excluding hydrogens is 433 g/mol. The highest BCUT2D eigenvalue weighted by Gasteiger charge is 2.38. The third-order valence-corrected chi connectivity index (χ3v) is 6.10. The lowest BCUT2D eigenvalue weighted by molar-refractivity contribution is -0.146. The van der Waals surface area contributed by atoms with Crippen molar-refractivity contribution in [2.75, 3.05) is 12.4 Å². The van der Waals surface area contributed by atoms with Crippen molar-refractivity contribution in [3.63, 3.8) is 0 Å². The van der Waals surface area contributed by atoms with Crippen LogP contribution in [0.3, 0.4) is 0 Å². The Bertz CT molecular complexity index is 1140. The van der Waals surface area contributed by atoms with E-state index in [1.54, 1.807) is 20.8 Å². The molecule has 0 radical (unpaired) electrons. The number of nitrogens with zero attached hydrogens (tertiary/aromatic N) is 4. The zero-order valence-electron chi connectivity index (χ0n) is 15.3. The summed E-state index contributed by atoms with van der Waals surface area (Å²) in [6, 6.07) is 0. The highest BCUT2D eigenvalue weighted by atomic mass is 32.2. The largest absolute Gasteiger partial charge is 0.462 e. The molecule has 0 aromatic carbocycles. The summed E-state index contributed by atoms with van der Waals surface area (Å²) in [5, 5.41) is 5.97. The second kappa shape index (κ2) is 7.67. The second-order valence-electron chi connectivity index (χ2n) is 5.84. The number of nitrogens with two attached hydrogens (primary N) is 1. The first-order valence-electron chi connectivity index (χ1n) is 8.19. The molecule has 0 fully saturated rings. The van der Waals surface area contributed by atoms with Crippen molar-refractivity contribution in [1.29, 1.82) is 0 Å². The molecule has 1 unspecified atom stereocenters. The van der Waals surface area contributed by atoms with Gasteiger partial charge in [0.25, 0.3) is 11.4 Å². The number of halogens is 3. The minimum Gasteiger partial charge on any atom is -0.462 e. The summed E-state index contributed by atoms with van der Waals surface area (Å²) in [6.45, 7) is 5.09. The molecule has 0 aliphatic rings. The number of thiophene rings is 1. The number of ether oxygens (including phenoxy) is 1. The van der Waals surface area contributed by atoms with Crippen molar-refractivity contribution in [2.45, 2.75) is 37.4 Å². The number of hydrogen-bond donors (Lipinski definition) is 2. The predicted molar refractivity (Wildman–Crippen MR) is 100 cm³/mol. The third-order valence-electron chi connectivity index (χ3n) is 3.87. The van der Waals surface area contributed by atoms with E-state index in [2.05, 4.69) is 20.2 Å². The van der Waals surface area contributed by atoms with Crippen LogP contribution < -0.4 is 11.4 Å². The van der Waals surface area contributed by atoms with Gasteiger partial charge in [-0.2, -0.15) is 13.2 Å². The highest BCUT2D eigenvalue weighted by Crippen LogP contribution is 2.35. The maximum Gasteiger partial charge on any atom is 0.453 e. The number of thioether (sulfide) groups is 1. The molecule has 0 aliphatic carbocycles. The number of hydrogen-bond acceptors (Lipinski definition) is 9. The second-order valence-corrected chi connectivity index (χ2v) is 8.15. The average Bonchev–Trinajstić information content (AvgIpc) is 3.15. The zero-order chi connectivity index (χ0) is 21.5. The number of H-pyrrole nitrogens is 1. The van der Waals surface area contributed by atoms with Crippen LogP contribution in [-0.2, 0) is 10.9 Å². The molecule has 156 valence electrons. The zero-order valence-corrected chi connectivity index (χ0v) is 17.0. The van der Waals surface area contributed by atoms with Crippen molar-refractivity contribution >= 4 is 39.3 Å². The monoisotopic (exact) mass is 448 g/mol. The van der Waals surface area contributed by atoms with Gasteiger partial charge in [-0.15, -0.1) is 21.5 Å². The standard InChI is InChI=1S/C15H15F3N6O3S2/c1-4-27-12(26)8-5(2)7-10(25)20-9(21-11(7)29-8)6(3)28-14-23-22-13(24(14)19)15(16,17)18/h6H,4,19H2,1-3H3,(H,20,21,25). The van der Waals surface area contributed by atoms with Gasteiger partial charge in [-0.1, -0.05) is 11.8 Å². The van der Waals surface area contributed by atoms with Gasteiger partial charge in [0.2, 0.25) is 5.16 Å². The van der Waals surface area contributed by atoms with Gasteiger partial charge in [-0.05, 0) is 26.3 Å². The molecule has 3 heterocycles. The van der Waals surface area contributed by atoms with Gasteiger partial charge >= 0.3 is 12.1 Å². The first-order chi connectivity index (χ1) is 13.5. The van der Waals surface area contributed by atoms with Crippen molar-refractivity contribution in [2.24, 2.45) is 0 Å². The molecule has 0 aliphatic heterocycles. The lowest BCUT2D eigenvalue weighted by Gasteiger charge is -2.10. The number of alkyl halides is 3. The van der Waals surface area contributed by atoms with Crippen molar-refractivity contribution < 1.29 is 22.7 Å². The van der Waals surface area contributed by atoms with E-state index in [0.29, 0.717) is 15.1 Å². The molecule has 0 spiro atoms. The smallest absolute Gasteiger partial charge is 0.453 e. The van der Waals surface area contributed by atoms with E-state index in [0.717, 1.165) is 23.1 Å². The lowest BCUT2D eigenvalue weighted by atomic mass is 10.2. The maximum atomic E-state index is 12.8. The Balaban J connectivity index is 1.95. The Morgan fingerprint density at radius 1 is 1.41 bits per heavy atom. The minimum atomic E-state index is -4.74. The number of carbonyl (C=O) groups is 1. The Labute approximate surface area is 169 Å². The topological polar surface area (TPSA) is 129 Å². The lowest BCUT2D eigenvalue weighted by Crippen LogP contribution is -2.21. The van der Waals surface area contributed by atoms with Crippen LogP contribution in [0, 0.1) is 6.92 Å². The Morgan fingerprint density at radius 2 is 2.10 bits per heavy atom. The van der Waals surface area contributed by atoms with E-state index in [1.807, 2.05) is 0 Å². The fourth-order valence-corrected chi connectivity index (χ4v) is 4.42. The van der Waals surface area contributed by atoms with E-state index >= 15 is 0 Å². The molecule has 3 aromatic rings. The number of carbonyl (C=O) groups excluding carboxylic acids is 1. The van der Waals surface area contributed by atoms with Crippen LogP contribution in [0.1, 0.15) is 46.0 Å². The van der Waals surface area contributed by atoms with Crippen LogP contribution in [0.2, 0.25) is 0 Å². The van der Waals surface area contributed by atoms with Crippen LogP contribution in [0.5, 0.6) is 0 Å². The van der Waals surface area contributed by atoms with Crippen molar-refractivity contribution in [1.82, 2.24) is 24.8 Å². The van der Waals surface area contributed by atoms with Crippen LogP contribution in [-0.4, -0.2) is 37.4 Å². The summed E-state index contributed by atoms with van der Waals surface area (Å²) in [5.41, 5.74) is -0.00693. The molecule has 3 N–H and O–H groups in total. The quantitative estimate of drug-likeness (QED) is 0.346. The average molecular weight is 448 g/mol. The SMILES string of the molecule is CCOC(=O)c1sc2nc(C(C)Sc3nnc(C(F)(F)F)n3N)[nH]c(=O)c2c1C. The number of rotatable bonds is 5. The summed E-state index contributed by atoms with van der Waals surface area (Å²) < 4.78 is 43.7. The first-order valence-corrected chi connectivity index (χ1v) is 9.89. The Kier molecular flexibility index (Phi) is 5.58. The van der Waals surface area contributed by atoms with Crippen LogP contribution in [0.15, 0.2) is 9.95 Å². The molecule has 0 saturated heterocycles. The molecule has 14 heteroatoms. The Morgan fingerprint density at radius 3 is 2.69 bits per heavy atom. The summed E-state index contributed by atoms with van der Waals surface area (Å²) >= 11 is 1.86. The first kappa shape index (κ1) is 21.1. The van der Waals surface area contributed by atoms with Gasteiger partial charge in [0.05, 0.1) is 17.2 Å². The molecule has 29 heavy (non-hydrogen) atoms. The van der Waals surface area contributed by atoms with Gasteiger partial charge < -0.3 is 15.6 Å². The van der Waals surface area contributed by atoms with Crippen LogP contribution in [0.4, 0.5) is 13.2 Å². The number of fused-ring (bicyclic) bond motifs is 1. The number of esters is 1. The number of aryl methyl sites for hydroxylation is 1. The summed E-state index contributed by atoms with van der Waals surface area (Å²) in [4.78, 5) is 32.1. The van der Waals surface area contributed by atoms with Crippen molar-refractivity contribution in [3.8, 4) is 0 Å². The molecule has 3 aromatic heterocycles. The van der Waals surface area contributed by atoms with E-state index < -0.39 is 28.8 Å². The molecule has 0 bridgehead atoms.